The van der Waals surface area contributed by atoms with Crippen molar-refractivity contribution in [1.29, 1.82) is 0 Å². The summed E-state index contributed by atoms with van der Waals surface area (Å²) in [5, 5.41) is 3.19. The molecule has 0 saturated heterocycles. The Morgan fingerprint density at radius 2 is 2.17 bits per heavy atom. The Kier molecular flexibility index (Phi) is 4.61. The van der Waals surface area contributed by atoms with Crippen LogP contribution in [0.25, 0.3) is 0 Å². The SMILES string of the molecule is CNCc1ccc(OC)c(CN(C)C2CCC2)c1. The number of methoxy groups -OCH3 is 1. The average molecular weight is 248 g/mol. The highest BCUT2D eigenvalue weighted by Gasteiger charge is 2.22. The fourth-order valence-electron chi connectivity index (χ4n) is 2.49. The van der Waals surface area contributed by atoms with E-state index < -0.39 is 0 Å². The highest BCUT2D eigenvalue weighted by atomic mass is 16.5. The van der Waals surface area contributed by atoms with Crippen LogP contribution in [-0.2, 0) is 13.1 Å². The highest BCUT2D eigenvalue weighted by molar-refractivity contribution is 5.37. The number of ether oxygens (including phenoxy) is 1. The zero-order chi connectivity index (χ0) is 13.0. The Morgan fingerprint density at radius 1 is 1.39 bits per heavy atom. The van der Waals surface area contributed by atoms with Gasteiger partial charge in [0.15, 0.2) is 0 Å². The van der Waals surface area contributed by atoms with E-state index in [9.17, 15) is 0 Å². The third-order valence-corrected chi connectivity index (χ3v) is 3.84. The predicted octanol–water partition coefficient (Wildman–Crippen LogP) is 2.40. The van der Waals surface area contributed by atoms with E-state index in [1.54, 1.807) is 7.11 Å². The summed E-state index contributed by atoms with van der Waals surface area (Å²) in [6.07, 6.45) is 4.07. The molecule has 0 amide bonds. The summed E-state index contributed by atoms with van der Waals surface area (Å²) in [5.74, 6) is 1.00. The monoisotopic (exact) mass is 248 g/mol. The minimum Gasteiger partial charge on any atom is -0.496 e. The molecule has 0 unspecified atom stereocenters. The minimum atomic E-state index is 0.766. The van der Waals surface area contributed by atoms with Crippen molar-refractivity contribution >= 4 is 0 Å². The van der Waals surface area contributed by atoms with Crippen molar-refractivity contribution in [2.75, 3.05) is 21.2 Å². The van der Waals surface area contributed by atoms with Crippen molar-refractivity contribution in [2.24, 2.45) is 0 Å². The molecule has 0 heterocycles. The molecule has 0 spiro atoms. The van der Waals surface area contributed by atoms with Crippen LogP contribution < -0.4 is 10.1 Å². The van der Waals surface area contributed by atoms with Crippen molar-refractivity contribution in [1.82, 2.24) is 10.2 Å². The summed E-state index contributed by atoms with van der Waals surface area (Å²) in [6.45, 7) is 1.88. The van der Waals surface area contributed by atoms with Gasteiger partial charge < -0.3 is 10.1 Å². The number of hydrogen-bond acceptors (Lipinski definition) is 3. The van der Waals surface area contributed by atoms with Crippen LogP contribution in [0.15, 0.2) is 18.2 Å². The number of nitrogens with one attached hydrogen (secondary N) is 1. The first-order chi connectivity index (χ1) is 8.74. The molecule has 100 valence electrons. The minimum absolute atomic E-state index is 0.766. The fraction of sp³-hybridized carbons (Fsp3) is 0.600. The second-order valence-corrected chi connectivity index (χ2v) is 5.18. The van der Waals surface area contributed by atoms with Crippen LogP contribution >= 0.6 is 0 Å². The average Bonchev–Trinajstić information content (AvgIpc) is 2.27. The van der Waals surface area contributed by atoms with Crippen molar-refractivity contribution in [3.8, 4) is 5.75 Å². The van der Waals surface area contributed by atoms with E-state index in [2.05, 4.69) is 35.5 Å². The molecule has 2 rings (SSSR count). The van der Waals surface area contributed by atoms with Gasteiger partial charge in [0.1, 0.15) is 5.75 Å². The summed E-state index contributed by atoms with van der Waals surface area (Å²) in [5.41, 5.74) is 2.61. The van der Waals surface area contributed by atoms with Crippen molar-refractivity contribution in [3.63, 3.8) is 0 Å². The predicted molar refractivity (Wildman–Crippen MR) is 74.9 cm³/mol. The van der Waals surface area contributed by atoms with Crippen LogP contribution in [0.5, 0.6) is 5.75 Å². The zero-order valence-electron chi connectivity index (χ0n) is 11.7. The van der Waals surface area contributed by atoms with Gasteiger partial charge in [-0.1, -0.05) is 12.5 Å². The Bertz CT molecular complexity index is 388. The summed E-state index contributed by atoms with van der Waals surface area (Å²) in [6, 6.07) is 7.23. The van der Waals surface area contributed by atoms with Gasteiger partial charge in [0.2, 0.25) is 0 Å². The molecule has 0 bridgehead atoms. The molecule has 0 radical (unpaired) electrons. The van der Waals surface area contributed by atoms with Gasteiger partial charge in [-0.05, 0) is 44.6 Å². The molecule has 1 N–H and O–H groups in total. The normalized spacial score (nSPS) is 15.8. The number of nitrogens with zero attached hydrogens (tertiary/aromatic N) is 1. The van der Waals surface area contributed by atoms with Gasteiger partial charge in [-0.15, -0.1) is 0 Å². The lowest BCUT2D eigenvalue weighted by Crippen LogP contribution is -2.36. The van der Waals surface area contributed by atoms with Crippen molar-refractivity contribution in [2.45, 2.75) is 38.4 Å². The molecule has 3 heteroatoms. The first kappa shape index (κ1) is 13.4. The first-order valence-electron chi connectivity index (χ1n) is 6.75. The lowest BCUT2D eigenvalue weighted by Gasteiger charge is -2.35. The zero-order valence-corrected chi connectivity index (χ0v) is 11.7. The van der Waals surface area contributed by atoms with E-state index in [1.165, 1.54) is 30.4 Å². The molecule has 1 aromatic rings. The molecule has 1 aromatic carbocycles. The van der Waals surface area contributed by atoms with Gasteiger partial charge in [0.05, 0.1) is 7.11 Å². The smallest absolute Gasteiger partial charge is 0.123 e. The Labute approximate surface area is 110 Å². The molecule has 1 aliphatic rings. The molecule has 1 fully saturated rings. The maximum atomic E-state index is 5.46. The largest absolute Gasteiger partial charge is 0.496 e. The summed E-state index contributed by atoms with van der Waals surface area (Å²) >= 11 is 0. The molecule has 0 aromatic heterocycles. The Hall–Kier alpha value is -1.06. The number of rotatable bonds is 6. The van der Waals surface area contributed by atoms with Gasteiger partial charge in [-0.2, -0.15) is 0 Å². The molecule has 0 atom stereocenters. The second-order valence-electron chi connectivity index (χ2n) is 5.18. The Balaban J connectivity index is 2.09. The maximum Gasteiger partial charge on any atom is 0.123 e. The number of hydrogen-bond donors (Lipinski definition) is 1. The molecule has 18 heavy (non-hydrogen) atoms. The van der Waals surface area contributed by atoms with Gasteiger partial charge >= 0.3 is 0 Å². The standard InChI is InChI=1S/C15H24N2O/c1-16-10-12-7-8-15(18-3)13(9-12)11-17(2)14-5-4-6-14/h7-9,14,16H,4-6,10-11H2,1-3H3. The van der Waals surface area contributed by atoms with Crippen LogP contribution in [0.2, 0.25) is 0 Å². The van der Waals surface area contributed by atoms with Gasteiger partial charge in [0.25, 0.3) is 0 Å². The first-order valence-corrected chi connectivity index (χ1v) is 6.75. The molecule has 3 nitrogen and oxygen atoms in total. The molecular formula is C15H24N2O. The van der Waals surface area contributed by atoms with E-state index in [1.807, 2.05) is 7.05 Å². The van der Waals surface area contributed by atoms with E-state index in [-0.39, 0.29) is 0 Å². The summed E-state index contributed by atoms with van der Waals surface area (Å²) in [4.78, 5) is 2.45. The number of benzene rings is 1. The van der Waals surface area contributed by atoms with E-state index in [0.717, 1.165) is 24.9 Å². The maximum absolute atomic E-state index is 5.46. The fourth-order valence-corrected chi connectivity index (χ4v) is 2.49. The lowest BCUT2D eigenvalue weighted by atomic mass is 9.91. The second kappa shape index (κ2) is 6.21. The molecular weight excluding hydrogens is 224 g/mol. The Morgan fingerprint density at radius 3 is 2.72 bits per heavy atom. The van der Waals surface area contributed by atoms with Crippen molar-refractivity contribution < 1.29 is 4.74 Å². The van der Waals surface area contributed by atoms with Crippen molar-refractivity contribution in [3.05, 3.63) is 29.3 Å². The van der Waals surface area contributed by atoms with Gasteiger partial charge in [-0.3, -0.25) is 4.90 Å². The van der Waals surface area contributed by atoms with Gasteiger partial charge in [-0.25, -0.2) is 0 Å². The van der Waals surface area contributed by atoms with Crippen LogP contribution in [0.1, 0.15) is 30.4 Å². The summed E-state index contributed by atoms with van der Waals surface area (Å²) in [7, 11) is 5.94. The van der Waals surface area contributed by atoms with Gasteiger partial charge in [0, 0.05) is 24.7 Å². The van der Waals surface area contributed by atoms with E-state index >= 15 is 0 Å². The third-order valence-electron chi connectivity index (χ3n) is 3.84. The quantitative estimate of drug-likeness (QED) is 0.836. The highest BCUT2D eigenvalue weighted by Crippen LogP contribution is 2.27. The summed E-state index contributed by atoms with van der Waals surface area (Å²) < 4.78 is 5.46. The molecule has 1 aliphatic carbocycles. The van der Waals surface area contributed by atoms with Crippen LogP contribution in [0, 0.1) is 0 Å². The topological polar surface area (TPSA) is 24.5 Å². The van der Waals surface area contributed by atoms with Crippen LogP contribution in [-0.4, -0.2) is 32.1 Å². The van der Waals surface area contributed by atoms with Crippen LogP contribution in [0.4, 0.5) is 0 Å². The lowest BCUT2D eigenvalue weighted by molar-refractivity contribution is 0.151. The van der Waals surface area contributed by atoms with E-state index in [4.69, 9.17) is 4.74 Å². The third kappa shape index (κ3) is 3.03. The van der Waals surface area contributed by atoms with E-state index in [0.29, 0.717) is 0 Å². The molecule has 1 saturated carbocycles. The van der Waals surface area contributed by atoms with Crippen LogP contribution in [0.3, 0.4) is 0 Å². The molecule has 0 aliphatic heterocycles.